The summed E-state index contributed by atoms with van der Waals surface area (Å²) in [6.45, 7) is 2.67. The predicted molar refractivity (Wildman–Crippen MR) is 71.1 cm³/mol. The van der Waals surface area contributed by atoms with E-state index < -0.39 is 0 Å². The Morgan fingerprint density at radius 2 is 2.00 bits per heavy atom. The molecule has 1 aromatic rings. The minimum atomic E-state index is 0.326. The molecule has 1 heterocycles. The van der Waals surface area contributed by atoms with Gasteiger partial charge in [0.1, 0.15) is 0 Å². The highest BCUT2D eigenvalue weighted by atomic mass is 16.3. The number of likely N-dealkylation sites (tertiary alicyclic amines) is 1. The van der Waals surface area contributed by atoms with Crippen molar-refractivity contribution < 1.29 is 5.11 Å². The van der Waals surface area contributed by atoms with E-state index in [0.29, 0.717) is 12.6 Å². The van der Waals surface area contributed by atoms with Gasteiger partial charge >= 0.3 is 0 Å². The molecule has 1 N–H and O–H groups in total. The highest BCUT2D eigenvalue weighted by Crippen LogP contribution is 2.19. The van der Waals surface area contributed by atoms with E-state index in [2.05, 4.69) is 35.2 Å². The number of piperidine rings is 1. The van der Waals surface area contributed by atoms with Crippen molar-refractivity contribution in [3.05, 3.63) is 35.9 Å². The van der Waals surface area contributed by atoms with Gasteiger partial charge in [-0.15, -0.1) is 0 Å². The molecular formula is C15H23NO. The van der Waals surface area contributed by atoms with E-state index in [1.165, 1.54) is 31.4 Å². The van der Waals surface area contributed by atoms with Crippen molar-refractivity contribution in [2.75, 3.05) is 19.7 Å². The van der Waals surface area contributed by atoms with Crippen molar-refractivity contribution in [1.82, 2.24) is 4.90 Å². The first kappa shape index (κ1) is 12.6. The van der Waals surface area contributed by atoms with Crippen molar-refractivity contribution in [3.63, 3.8) is 0 Å². The molecule has 1 aliphatic rings. The maximum Gasteiger partial charge on any atom is 0.0445 e. The molecule has 0 aromatic heterocycles. The van der Waals surface area contributed by atoms with E-state index in [0.717, 1.165) is 19.4 Å². The van der Waals surface area contributed by atoms with Crippen LogP contribution >= 0.6 is 0 Å². The van der Waals surface area contributed by atoms with Gasteiger partial charge < -0.3 is 5.11 Å². The Hall–Kier alpha value is -0.860. The standard InChI is InChI=1S/C15H23NO/c17-13-10-15-8-4-5-11-16(15)12-9-14-6-2-1-3-7-14/h1-3,6-7,15,17H,4-5,8-13H2/t15-/m0/s1. The molecule has 1 aromatic carbocycles. The molecule has 94 valence electrons. The maximum absolute atomic E-state index is 9.09. The van der Waals surface area contributed by atoms with Gasteiger partial charge in [-0.1, -0.05) is 36.8 Å². The van der Waals surface area contributed by atoms with Crippen LogP contribution < -0.4 is 0 Å². The molecule has 0 aliphatic carbocycles. The van der Waals surface area contributed by atoms with E-state index in [1.807, 2.05) is 0 Å². The van der Waals surface area contributed by atoms with Crippen LogP contribution in [0.4, 0.5) is 0 Å². The summed E-state index contributed by atoms with van der Waals surface area (Å²) in [5, 5.41) is 9.09. The first-order valence-corrected chi connectivity index (χ1v) is 6.79. The van der Waals surface area contributed by atoms with Gasteiger partial charge in [0.15, 0.2) is 0 Å². The van der Waals surface area contributed by atoms with Gasteiger partial charge in [0.05, 0.1) is 0 Å². The van der Waals surface area contributed by atoms with Gasteiger partial charge in [-0.2, -0.15) is 0 Å². The third-order valence-corrected chi connectivity index (χ3v) is 3.74. The van der Waals surface area contributed by atoms with E-state index in [4.69, 9.17) is 5.11 Å². The van der Waals surface area contributed by atoms with E-state index in [-0.39, 0.29) is 0 Å². The first-order valence-electron chi connectivity index (χ1n) is 6.79. The fraction of sp³-hybridized carbons (Fsp3) is 0.600. The topological polar surface area (TPSA) is 23.5 Å². The molecule has 1 atom stereocenters. The Balaban J connectivity index is 1.84. The molecule has 17 heavy (non-hydrogen) atoms. The minimum Gasteiger partial charge on any atom is -0.396 e. The van der Waals surface area contributed by atoms with Crippen LogP contribution in [0, 0.1) is 0 Å². The first-order chi connectivity index (χ1) is 8.40. The second kappa shape index (κ2) is 6.77. The summed E-state index contributed by atoms with van der Waals surface area (Å²) >= 11 is 0. The zero-order valence-corrected chi connectivity index (χ0v) is 10.5. The average molecular weight is 233 g/mol. The molecule has 0 saturated carbocycles. The third-order valence-electron chi connectivity index (χ3n) is 3.74. The van der Waals surface area contributed by atoms with E-state index in [9.17, 15) is 0 Å². The smallest absolute Gasteiger partial charge is 0.0445 e. The van der Waals surface area contributed by atoms with Crippen LogP contribution in [0.25, 0.3) is 0 Å². The van der Waals surface area contributed by atoms with Crippen molar-refractivity contribution in [1.29, 1.82) is 0 Å². The summed E-state index contributed by atoms with van der Waals surface area (Å²) in [7, 11) is 0. The van der Waals surface area contributed by atoms with Gasteiger partial charge in [-0.25, -0.2) is 0 Å². The number of rotatable bonds is 5. The Morgan fingerprint density at radius 1 is 1.18 bits per heavy atom. The Kier molecular flexibility index (Phi) is 5.02. The second-order valence-electron chi connectivity index (χ2n) is 4.93. The lowest BCUT2D eigenvalue weighted by Crippen LogP contribution is -2.41. The monoisotopic (exact) mass is 233 g/mol. The minimum absolute atomic E-state index is 0.326. The van der Waals surface area contributed by atoms with Crippen molar-refractivity contribution in [2.24, 2.45) is 0 Å². The molecule has 0 bridgehead atoms. The Morgan fingerprint density at radius 3 is 2.76 bits per heavy atom. The lowest BCUT2D eigenvalue weighted by atomic mass is 9.99. The number of aliphatic hydroxyl groups excluding tert-OH is 1. The predicted octanol–water partition coefficient (Wildman–Crippen LogP) is 2.47. The van der Waals surface area contributed by atoms with Crippen molar-refractivity contribution >= 4 is 0 Å². The number of benzene rings is 1. The summed E-state index contributed by atoms with van der Waals surface area (Å²) in [5.41, 5.74) is 1.42. The summed E-state index contributed by atoms with van der Waals surface area (Å²) in [6.07, 6.45) is 5.97. The lowest BCUT2D eigenvalue weighted by molar-refractivity contribution is 0.120. The van der Waals surface area contributed by atoms with Gasteiger partial charge in [-0.05, 0) is 37.8 Å². The molecule has 1 saturated heterocycles. The molecule has 2 rings (SSSR count). The van der Waals surface area contributed by atoms with Gasteiger partial charge in [-0.3, -0.25) is 4.90 Å². The zero-order chi connectivity index (χ0) is 11.9. The van der Waals surface area contributed by atoms with Crippen LogP contribution in [-0.2, 0) is 6.42 Å². The Labute approximate surface area is 104 Å². The summed E-state index contributed by atoms with van der Waals surface area (Å²) in [6, 6.07) is 11.3. The largest absolute Gasteiger partial charge is 0.396 e. The molecular weight excluding hydrogens is 210 g/mol. The molecule has 0 amide bonds. The lowest BCUT2D eigenvalue weighted by Gasteiger charge is -2.35. The number of hydrogen-bond donors (Lipinski definition) is 1. The molecule has 1 aliphatic heterocycles. The van der Waals surface area contributed by atoms with Crippen molar-refractivity contribution in [3.8, 4) is 0 Å². The number of hydrogen-bond acceptors (Lipinski definition) is 2. The molecule has 2 nitrogen and oxygen atoms in total. The zero-order valence-electron chi connectivity index (χ0n) is 10.5. The van der Waals surface area contributed by atoms with Gasteiger partial charge in [0, 0.05) is 19.2 Å². The molecule has 0 unspecified atom stereocenters. The van der Waals surface area contributed by atoms with Crippen LogP contribution in [0.3, 0.4) is 0 Å². The quantitative estimate of drug-likeness (QED) is 0.844. The highest BCUT2D eigenvalue weighted by molar-refractivity contribution is 5.14. The molecule has 0 spiro atoms. The highest BCUT2D eigenvalue weighted by Gasteiger charge is 2.21. The van der Waals surface area contributed by atoms with Crippen LogP contribution in [0.5, 0.6) is 0 Å². The van der Waals surface area contributed by atoms with Gasteiger partial charge in [0.25, 0.3) is 0 Å². The molecule has 1 fully saturated rings. The van der Waals surface area contributed by atoms with Crippen LogP contribution in [0.1, 0.15) is 31.2 Å². The van der Waals surface area contributed by atoms with E-state index >= 15 is 0 Å². The summed E-state index contributed by atoms with van der Waals surface area (Å²) in [4.78, 5) is 2.56. The van der Waals surface area contributed by atoms with Crippen molar-refractivity contribution in [2.45, 2.75) is 38.1 Å². The Bertz CT molecular complexity index is 310. The van der Waals surface area contributed by atoms with Crippen LogP contribution in [-0.4, -0.2) is 35.7 Å². The fourth-order valence-corrected chi connectivity index (χ4v) is 2.75. The fourth-order valence-electron chi connectivity index (χ4n) is 2.75. The summed E-state index contributed by atoms with van der Waals surface area (Å²) < 4.78 is 0. The SMILES string of the molecule is OCC[C@@H]1CCCCN1CCc1ccccc1. The normalized spacial score (nSPS) is 21.6. The molecule has 0 radical (unpaired) electrons. The second-order valence-corrected chi connectivity index (χ2v) is 4.93. The average Bonchev–Trinajstić information content (AvgIpc) is 2.39. The third kappa shape index (κ3) is 3.83. The van der Waals surface area contributed by atoms with E-state index in [1.54, 1.807) is 0 Å². The maximum atomic E-state index is 9.09. The number of nitrogens with zero attached hydrogens (tertiary/aromatic N) is 1. The van der Waals surface area contributed by atoms with Crippen LogP contribution in [0.15, 0.2) is 30.3 Å². The summed E-state index contributed by atoms with van der Waals surface area (Å²) in [5.74, 6) is 0. The number of aliphatic hydroxyl groups is 1. The molecule has 2 heteroatoms. The van der Waals surface area contributed by atoms with Crippen LogP contribution in [0.2, 0.25) is 0 Å². The van der Waals surface area contributed by atoms with Gasteiger partial charge in [0.2, 0.25) is 0 Å².